The van der Waals surface area contributed by atoms with E-state index in [4.69, 9.17) is 9.47 Å². The molecule has 0 atom stereocenters. The Hall–Kier alpha value is -2.50. The van der Waals surface area contributed by atoms with Gasteiger partial charge in [0.2, 0.25) is 12.7 Å². The second kappa shape index (κ2) is 5.95. The van der Waals surface area contributed by atoms with E-state index in [0.717, 1.165) is 29.2 Å². The fourth-order valence-electron chi connectivity index (χ4n) is 2.18. The number of fused-ring (bicyclic) bond motifs is 1. The summed E-state index contributed by atoms with van der Waals surface area (Å²) in [4.78, 5) is 8.96. The van der Waals surface area contributed by atoms with Crippen molar-refractivity contribution < 1.29 is 9.47 Å². The summed E-state index contributed by atoms with van der Waals surface area (Å²) in [5.41, 5.74) is 1.74. The number of anilines is 3. The minimum atomic E-state index is -0.0581. The molecular weight excluding hydrogens is 292 g/mol. The first-order valence-electron chi connectivity index (χ1n) is 7.76. The lowest BCUT2D eigenvalue weighted by atomic mass is 10.0. The van der Waals surface area contributed by atoms with Crippen LogP contribution in [0, 0.1) is 6.92 Å². The lowest BCUT2D eigenvalue weighted by Gasteiger charge is -2.24. The molecule has 122 valence electrons. The van der Waals surface area contributed by atoms with Crippen LogP contribution in [0.4, 0.5) is 17.5 Å². The highest BCUT2D eigenvalue weighted by Gasteiger charge is 2.19. The maximum absolute atomic E-state index is 5.53. The zero-order valence-corrected chi connectivity index (χ0v) is 13.9. The van der Waals surface area contributed by atoms with E-state index in [2.05, 4.69) is 41.4 Å². The standard InChI is InChI=1S/C17H22N4O2/c1-5-17(3,4)21-16-18-9-11(2)15(20-16)19-12-7-6-8-13-14(12)23-10-22-13/h6-9H,5,10H2,1-4H3,(H2,18,19,20,21). The molecule has 0 radical (unpaired) electrons. The van der Waals surface area contributed by atoms with Crippen LogP contribution >= 0.6 is 0 Å². The van der Waals surface area contributed by atoms with Gasteiger partial charge in [-0.05, 0) is 39.3 Å². The molecule has 1 aliphatic heterocycles. The van der Waals surface area contributed by atoms with E-state index in [0.29, 0.717) is 11.7 Å². The second-order valence-corrected chi connectivity index (χ2v) is 6.25. The number of rotatable bonds is 5. The van der Waals surface area contributed by atoms with E-state index in [1.54, 1.807) is 0 Å². The number of nitrogens with one attached hydrogen (secondary N) is 2. The zero-order chi connectivity index (χ0) is 16.4. The number of hydrogen-bond acceptors (Lipinski definition) is 6. The number of hydrogen-bond donors (Lipinski definition) is 2. The van der Waals surface area contributed by atoms with Gasteiger partial charge in [-0.15, -0.1) is 0 Å². The van der Waals surface area contributed by atoms with Crippen LogP contribution in [0.15, 0.2) is 24.4 Å². The third-order valence-electron chi connectivity index (χ3n) is 3.96. The van der Waals surface area contributed by atoms with Gasteiger partial charge in [0.1, 0.15) is 5.82 Å². The maximum Gasteiger partial charge on any atom is 0.231 e. The van der Waals surface area contributed by atoms with Gasteiger partial charge in [-0.2, -0.15) is 4.98 Å². The van der Waals surface area contributed by atoms with E-state index < -0.39 is 0 Å². The van der Waals surface area contributed by atoms with Crippen LogP contribution in [0.3, 0.4) is 0 Å². The summed E-state index contributed by atoms with van der Waals surface area (Å²) < 4.78 is 10.9. The summed E-state index contributed by atoms with van der Waals surface area (Å²) in [7, 11) is 0. The van der Waals surface area contributed by atoms with E-state index in [1.165, 1.54) is 0 Å². The Bertz CT molecular complexity index is 716. The molecule has 0 saturated carbocycles. The lowest BCUT2D eigenvalue weighted by Crippen LogP contribution is -2.30. The number of nitrogens with zero attached hydrogens (tertiary/aromatic N) is 2. The van der Waals surface area contributed by atoms with Gasteiger partial charge in [0.05, 0.1) is 5.69 Å². The molecule has 0 unspecified atom stereocenters. The van der Waals surface area contributed by atoms with E-state index >= 15 is 0 Å². The van der Waals surface area contributed by atoms with Crippen molar-refractivity contribution in [3.8, 4) is 11.5 Å². The molecule has 0 fully saturated rings. The highest BCUT2D eigenvalue weighted by Crippen LogP contribution is 2.40. The first-order valence-corrected chi connectivity index (χ1v) is 7.76. The Morgan fingerprint density at radius 2 is 2.09 bits per heavy atom. The molecule has 1 aliphatic rings. The SMILES string of the molecule is CCC(C)(C)Nc1ncc(C)c(Nc2cccc3c2OCO3)n1. The van der Waals surface area contributed by atoms with Gasteiger partial charge >= 0.3 is 0 Å². The molecule has 6 heteroatoms. The Kier molecular flexibility index (Phi) is 3.98. The zero-order valence-electron chi connectivity index (χ0n) is 13.9. The minimum absolute atomic E-state index is 0.0581. The Balaban J connectivity index is 1.87. The van der Waals surface area contributed by atoms with Gasteiger partial charge < -0.3 is 20.1 Å². The monoisotopic (exact) mass is 314 g/mol. The van der Waals surface area contributed by atoms with Crippen molar-refractivity contribution in [2.45, 2.75) is 39.7 Å². The van der Waals surface area contributed by atoms with E-state index in [1.807, 2.05) is 31.3 Å². The molecule has 0 spiro atoms. The van der Waals surface area contributed by atoms with E-state index in [9.17, 15) is 0 Å². The third kappa shape index (κ3) is 3.31. The van der Waals surface area contributed by atoms with Crippen molar-refractivity contribution in [2.75, 3.05) is 17.4 Å². The molecule has 2 heterocycles. The van der Waals surface area contributed by atoms with Crippen LogP contribution in [0.1, 0.15) is 32.8 Å². The molecule has 0 amide bonds. The fourth-order valence-corrected chi connectivity index (χ4v) is 2.18. The van der Waals surface area contributed by atoms with Gasteiger partial charge in [0.15, 0.2) is 11.5 Å². The number of benzene rings is 1. The van der Waals surface area contributed by atoms with Gasteiger partial charge in [0.25, 0.3) is 0 Å². The second-order valence-electron chi connectivity index (χ2n) is 6.25. The highest BCUT2D eigenvalue weighted by atomic mass is 16.7. The number of para-hydroxylation sites is 1. The van der Waals surface area contributed by atoms with Crippen LogP contribution in [0.25, 0.3) is 0 Å². The average Bonchev–Trinajstić information content (AvgIpc) is 3.00. The molecule has 3 rings (SSSR count). The maximum atomic E-state index is 5.53. The topological polar surface area (TPSA) is 68.3 Å². The number of ether oxygens (including phenoxy) is 2. The van der Waals surface area contributed by atoms with Crippen LogP contribution in [-0.2, 0) is 0 Å². The van der Waals surface area contributed by atoms with Crippen molar-refractivity contribution in [3.05, 3.63) is 30.0 Å². The van der Waals surface area contributed by atoms with Crippen LogP contribution < -0.4 is 20.1 Å². The van der Waals surface area contributed by atoms with Gasteiger partial charge in [-0.1, -0.05) is 13.0 Å². The summed E-state index contributed by atoms with van der Waals surface area (Å²) in [6.07, 6.45) is 2.79. The predicted molar refractivity (Wildman–Crippen MR) is 90.6 cm³/mol. The van der Waals surface area contributed by atoms with Gasteiger partial charge in [0, 0.05) is 17.3 Å². The smallest absolute Gasteiger partial charge is 0.231 e. The molecule has 0 aliphatic carbocycles. The van der Waals surface area contributed by atoms with Crippen molar-refractivity contribution >= 4 is 17.5 Å². The molecule has 2 aromatic rings. The third-order valence-corrected chi connectivity index (χ3v) is 3.96. The normalized spacial score (nSPS) is 13.0. The van der Waals surface area contributed by atoms with Crippen molar-refractivity contribution in [1.82, 2.24) is 9.97 Å². The molecule has 0 bridgehead atoms. The van der Waals surface area contributed by atoms with Crippen molar-refractivity contribution in [3.63, 3.8) is 0 Å². The number of aryl methyl sites for hydroxylation is 1. The molecule has 6 nitrogen and oxygen atoms in total. The first kappa shape index (κ1) is 15.4. The predicted octanol–water partition coefficient (Wildman–Crippen LogP) is 3.86. The summed E-state index contributed by atoms with van der Waals surface area (Å²) in [5.74, 6) is 2.81. The molecular formula is C17H22N4O2. The Morgan fingerprint density at radius 1 is 1.26 bits per heavy atom. The summed E-state index contributed by atoms with van der Waals surface area (Å²) in [5, 5.41) is 6.68. The highest BCUT2D eigenvalue weighted by molar-refractivity contribution is 5.70. The quantitative estimate of drug-likeness (QED) is 0.873. The fraction of sp³-hybridized carbons (Fsp3) is 0.412. The molecule has 2 N–H and O–H groups in total. The Labute approximate surface area is 136 Å². The van der Waals surface area contributed by atoms with Gasteiger partial charge in [-0.3, -0.25) is 0 Å². The first-order chi connectivity index (χ1) is 11.0. The van der Waals surface area contributed by atoms with Crippen LogP contribution in [-0.4, -0.2) is 22.3 Å². The summed E-state index contributed by atoms with van der Waals surface area (Å²) in [6.45, 7) is 8.59. The minimum Gasteiger partial charge on any atom is -0.454 e. The molecule has 1 aromatic heterocycles. The molecule has 23 heavy (non-hydrogen) atoms. The average molecular weight is 314 g/mol. The number of aromatic nitrogens is 2. The van der Waals surface area contributed by atoms with Gasteiger partial charge in [-0.25, -0.2) is 4.98 Å². The summed E-state index contributed by atoms with van der Waals surface area (Å²) in [6, 6.07) is 5.75. The lowest BCUT2D eigenvalue weighted by molar-refractivity contribution is 0.174. The van der Waals surface area contributed by atoms with E-state index in [-0.39, 0.29) is 12.3 Å². The van der Waals surface area contributed by atoms with Crippen molar-refractivity contribution in [2.24, 2.45) is 0 Å². The largest absolute Gasteiger partial charge is 0.454 e. The van der Waals surface area contributed by atoms with Crippen LogP contribution in [0.5, 0.6) is 11.5 Å². The molecule has 1 aromatic carbocycles. The molecule has 0 saturated heterocycles. The van der Waals surface area contributed by atoms with Crippen molar-refractivity contribution in [1.29, 1.82) is 0 Å². The van der Waals surface area contributed by atoms with Crippen LogP contribution in [0.2, 0.25) is 0 Å². The summed E-state index contributed by atoms with van der Waals surface area (Å²) >= 11 is 0. The Morgan fingerprint density at radius 3 is 2.87 bits per heavy atom.